The molecule has 0 radical (unpaired) electrons. The summed E-state index contributed by atoms with van der Waals surface area (Å²) in [7, 11) is 0. The molecule has 54 heavy (non-hydrogen) atoms. The Balaban J connectivity index is 0.975. The van der Waals surface area contributed by atoms with Crippen molar-refractivity contribution in [1.82, 2.24) is 36.2 Å². The van der Waals surface area contributed by atoms with Gasteiger partial charge in [0.25, 0.3) is 11.8 Å². The number of nitrogens with zero attached hydrogens (tertiary/aromatic N) is 2. The smallest absolute Gasteiger partial charge is 0.252 e. The van der Waals surface area contributed by atoms with Gasteiger partial charge in [-0.3, -0.25) is 24.2 Å². The molecule has 0 bridgehead atoms. The molecule has 2 aromatic heterocycles. The molecule has 0 saturated carbocycles. The molecule has 0 fully saturated rings. The van der Waals surface area contributed by atoms with Gasteiger partial charge in [0.1, 0.15) is 12.1 Å². The Morgan fingerprint density at radius 1 is 0.537 bits per heavy atom. The molecule has 11 nitrogen and oxygen atoms in total. The van der Waals surface area contributed by atoms with Gasteiger partial charge in [-0.15, -0.1) is 0 Å². The van der Waals surface area contributed by atoms with E-state index in [4.69, 9.17) is 0 Å². The van der Waals surface area contributed by atoms with Gasteiger partial charge >= 0.3 is 0 Å². The minimum atomic E-state index is -0.709. The zero-order chi connectivity index (χ0) is 37.8. The van der Waals surface area contributed by atoms with Crippen LogP contribution in [-0.4, -0.2) is 63.8 Å². The van der Waals surface area contributed by atoms with Gasteiger partial charge < -0.3 is 26.3 Å². The van der Waals surface area contributed by atoms with Gasteiger partial charge in [0.2, 0.25) is 11.8 Å². The van der Waals surface area contributed by atoms with E-state index < -0.39 is 12.1 Å². The fourth-order valence-corrected chi connectivity index (χ4v) is 6.12. The number of rotatable bonds is 21. The highest BCUT2D eigenvalue weighted by Crippen LogP contribution is 2.17. The second kappa shape index (κ2) is 21.4. The van der Waals surface area contributed by atoms with Crippen LogP contribution in [0, 0.1) is 0 Å². The third-order valence-electron chi connectivity index (χ3n) is 9.16. The van der Waals surface area contributed by atoms with Crippen LogP contribution >= 0.6 is 0 Å². The van der Waals surface area contributed by atoms with E-state index in [1.165, 1.54) is 0 Å². The van der Waals surface area contributed by atoms with E-state index >= 15 is 0 Å². The van der Waals surface area contributed by atoms with Crippen LogP contribution in [-0.2, 0) is 22.4 Å². The zero-order valence-corrected chi connectivity index (χ0v) is 30.5. The van der Waals surface area contributed by atoms with Crippen molar-refractivity contribution in [2.45, 2.75) is 69.9 Å². The average molecular weight is 728 g/mol. The maximum absolute atomic E-state index is 13.3. The molecule has 0 spiro atoms. The first-order valence-electron chi connectivity index (χ1n) is 18.7. The van der Waals surface area contributed by atoms with Gasteiger partial charge in [-0.25, -0.2) is 4.98 Å². The van der Waals surface area contributed by atoms with E-state index in [-0.39, 0.29) is 23.6 Å². The Morgan fingerprint density at radius 3 is 1.46 bits per heavy atom. The number of hydrogen-bond donors (Lipinski definition) is 5. The predicted octanol–water partition coefficient (Wildman–Crippen LogP) is 5.82. The summed E-state index contributed by atoms with van der Waals surface area (Å²) in [4.78, 5) is 63.4. The number of aromatic nitrogens is 3. The molecule has 4 amide bonds. The molecule has 0 aliphatic carbocycles. The highest BCUT2D eigenvalue weighted by Gasteiger charge is 2.23. The second-order valence-corrected chi connectivity index (χ2v) is 13.3. The number of imidazole rings is 1. The topological polar surface area (TPSA) is 158 Å². The normalized spacial score (nSPS) is 11.9. The number of hydrogen-bond acceptors (Lipinski definition) is 6. The van der Waals surface area contributed by atoms with Crippen molar-refractivity contribution in [2.24, 2.45) is 0 Å². The number of pyridine rings is 1. The maximum Gasteiger partial charge on any atom is 0.252 e. The Morgan fingerprint density at radius 2 is 1.00 bits per heavy atom. The Bertz CT molecular complexity index is 1870. The van der Waals surface area contributed by atoms with Gasteiger partial charge in [-0.1, -0.05) is 105 Å². The number of unbranched alkanes of at least 4 members (excludes halogenated alkanes) is 6. The van der Waals surface area contributed by atoms with Gasteiger partial charge in [0, 0.05) is 49.5 Å². The molecule has 280 valence electrons. The fraction of sp³-hybridized carbons (Fsp3) is 0.302. The molecule has 0 unspecified atom stereocenters. The number of benzene rings is 3. The molecular formula is C43H49N7O4. The number of carbonyl (C=O) groups excluding carboxylic acids is 4. The third-order valence-corrected chi connectivity index (χ3v) is 9.16. The third kappa shape index (κ3) is 12.8. The number of carbonyl (C=O) groups is 4. The lowest BCUT2D eigenvalue weighted by molar-refractivity contribution is -0.123. The van der Waals surface area contributed by atoms with Crippen LogP contribution in [0.15, 0.2) is 122 Å². The van der Waals surface area contributed by atoms with E-state index in [0.29, 0.717) is 37.1 Å². The summed E-state index contributed by atoms with van der Waals surface area (Å²) < 4.78 is 0. The van der Waals surface area contributed by atoms with Crippen LogP contribution in [0.4, 0.5) is 0 Å². The minimum absolute atomic E-state index is 0.200. The fourth-order valence-electron chi connectivity index (χ4n) is 6.12. The monoisotopic (exact) mass is 727 g/mol. The summed E-state index contributed by atoms with van der Waals surface area (Å²) in [6.45, 7) is 1.07. The molecule has 5 N–H and O–H groups in total. The molecule has 5 rings (SSSR count). The van der Waals surface area contributed by atoms with Crippen molar-refractivity contribution in [1.29, 1.82) is 0 Å². The molecular weight excluding hydrogens is 679 g/mol. The highest BCUT2D eigenvalue weighted by molar-refractivity contribution is 5.98. The first-order valence-corrected chi connectivity index (χ1v) is 18.7. The van der Waals surface area contributed by atoms with Gasteiger partial charge in [0.15, 0.2) is 0 Å². The van der Waals surface area contributed by atoms with Gasteiger partial charge in [0.05, 0.1) is 18.2 Å². The van der Waals surface area contributed by atoms with Crippen LogP contribution < -0.4 is 21.3 Å². The molecule has 0 aliphatic rings. The molecule has 0 aliphatic heterocycles. The Labute approximate surface area is 316 Å². The summed E-state index contributed by atoms with van der Waals surface area (Å²) in [5.41, 5.74) is 4.64. The summed E-state index contributed by atoms with van der Waals surface area (Å²) >= 11 is 0. The van der Waals surface area contributed by atoms with Crippen molar-refractivity contribution in [3.05, 3.63) is 144 Å². The van der Waals surface area contributed by atoms with Crippen molar-refractivity contribution < 1.29 is 19.2 Å². The lowest BCUT2D eigenvalue weighted by Crippen LogP contribution is -2.48. The molecule has 5 aromatic rings. The van der Waals surface area contributed by atoms with Gasteiger partial charge in [-0.05, 0) is 53.8 Å². The van der Waals surface area contributed by atoms with Crippen molar-refractivity contribution in [3.63, 3.8) is 0 Å². The largest absolute Gasteiger partial charge is 0.354 e. The standard InChI is InChI=1S/C43H49N7O4/c51-40(35-20-18-34(19-21-35)39-30-45-31-48-39)49-37(28-32-14-8-6-9-15-32)42(53)46-24-12-4-2-1-3-5-13-25-47-43(54)38(29-33-16-10-7-11-17-33)50-41(52)36-22-26-44-27-23-36/h6-11,14-23,26-27,30-31,37-38H,1-5,12-13,24-25,28-29H2,(H,45,48)(H,46,53)(H,47,54)(H,49,51)(H,50,52)/t37-,38-/m0/s1. The Hall–Kier alpha value is -6.10. The van der Waals surface area contributed by atoms with E-state index in [9.17, 15) is 19.2 Å². The number of H-pyrrole nitrogens is 1. The Kier molecular flexibility index (Phi) is 15.5. The maximum atomic E-state index is 13.3. The first-order chi connectivity index (χ1) is 26.5. The molecule has 2 heterocycles. The number of amides is 4. The molecule has 2 atom stereocenters. The van der Waals surface area contributed by atoms with E-state index in [1.807, 2.05) is 72.8 Å². The van der Waals surface area contributed by atoms with Crippen LogP contribution in [0.5, 0.6) is 0 Å². The summed E-state index contributed by atoms with van der Waals surface area (Å²) in [5, 5.41) is 11.9. The second-order valence-electron chi connectivity index (χ2n) is 13.3. The SMILES string of the molecule is O=C(N[C@@H](Cc1ccccc1)C(=O)NCCCCCCCCCNC(=O)[C@H](Cc1ccccc1)NC(=O)c1ccc(-c2cnc[nH]2)cc1)c1ccncc1. The van der Waals surface area contributed by atoms with Crippen LogP contribution in [0.25, 0.3) is 11.3 Å². The van der Waals surface area contributed by atoms with Crippen molar-refractivity contribution >= 4 is 23.6 Å². The summed E-state index contributed by atoms with van der Waals surface area (Å²) in [6.07, 6.45) is 14.0. The molecule has 0 saturated heterocycles. The average Bonchev–Trinajstić information content (AvgIpc) is 3.76. The number of nitrogens with one attached hydrogen (secondary N) is 5. The molecule has 3 aromatic carbocycles. The van der Waals surface area contributed by atoms with E-state index in [0.717, 1.165) is 67.3 Å². The van der Waals surface area contributed by atoms with E-state index in [2.05, 4.69) is 36.2 Å². The highest BCUT2D eigenvalue weighted by atomic mass is 16.2. The van der Waals surface area contributed by atoms with Crippen LogP contribution in [0.2, 0.25) is 0 Å². The zero-order valence-electron chi connectivity index (χ0n) is 30.5. The van der Waals surface area contributed by atoms with Gasteiger partial charge in [-0.2, -0.15) is 0 Å². The van der Waals surface area contributed by atoms with Crippen LogP contribution in [0.3, 0.4) is 0 Å². The number of aromatic amines is 1. The van der Waals surface area contributed by atoms with Crippen molar-refractivity contribution in [3.8, 4) is 11.3 Å². The minimum Gasteiger partial charge on any atom is -0.354 e. The lowest BCUT2D eigenvalue weighted by Gasteiger charge is -2.19. The quantitative estimate of drug-likeness (QED) is 0.0600. The van der Waals surface area contributed by atoms with E-state index in [1.54, 1.807) is 49.2 Å². The lowest BCUT2D eigenvalue weighted by atomic mass is 10.0. The first kappa shape index (κ1) is 39.1. The predicted molar refractivity (Wildman–Crippen MR) is 209 cm³/mol. The summed E-state index contributed by atoms with van der Waals surface area (Å²) in [6, 6.07) is 28.4. The van der Waals surface area contributed by atoms with Crippen LogP contribution in [0.1, 0.15) is 76.8 Å². The summed E-state index contributed by atoms with van der Waals surface area (Å²) in [5.74, 6) is -1.02. The van der Waals surface area contributed by atoms with Crippen molar-refractivity contribution in [2.75, 3.05) is 13.1 Å². The molecule has 11 heteroatoms.